The number of hydrazine groups is 1. The summed E-state index contributed by atoms with van der Waals surface area (Å²) in [6.07, 6.45) is 1.11. The normalized spacial score (nSPS) is 19.0. The maximum atomic E-state index is 14.1. The SMILES string of the molecule is C=CCN1CC(=O)N2C(Cc3ccc(O)cc3)C(=O)N(Cc3ccc4n[nH]nc4c3)C[C@@H]2N1C(=O)NCc1ccccc1. The van der Waals surface area contributed by atoms with E-state index in [4.69, 9.17) is 0 Å². The number of aromatic nitrogens is 3. The highest BCUT2D eigenvalue weighted by atomic mass is 16.3. The van der Waals surface area contributed by atoms with Gasteiger partial charge in [-0.3, -0.25) is 9.59 Å². The standard InChI is InChI=1S/C31H32N8O4/c1-2-14-37-20-29(41)38-27(16-21-8-11-24(40)12-9-21)30(42)36(18-23-10-13-25-26(15-23)34-35-33-25)19-28(38)39(37)31(43)32-17-22-6-4-3-5-7-22/h2-13,15,27-28,40H,1,14,16-20H2,(H,32,43)(H,33,34,35)/t27?,28-/m0/s1. The average molecular weight is 581 g/mol. The van der Waals surface area contributed by atoms with Gasteiger partial charge in [-0.2, -0.15) is 15.4 Å². The molecule has 3 aromatic carbocycles. The van der Waals surface area contributed by atoms with E-state index in [-0.39, 0.29) is 56.2 Å². The molecule has 0 spiro atoms. The van der Waals surface area contributed by atoms with Crippen LogP contribution in [0.15, 0.2) is 85.5 Å². The molecule has 0 saturated carbocycles. The van der Waals surface area contributed by atoms with E-state index >= 15 is 0 Å². The molecule has 12 heteroatoms. The van der Waals surface area contributed by atoms with Gasteiger partial charge in [-0.15, -0.1) is 6.58 Å². The minimum Gasteiger partial charge on any atom is -0.508 e. The van der Waals surface area contributed by atoms with Crippen molar-refractivity contribution in [2.45, 2.75) is 31.7 Å². The fourth-order valence-electron chi connectivity index (χ4n) is 5.76. The first kappa shape index (κ1) is 27.9. The second kappa shape index (κ2) is 11.9. The van der Waals surface area contributed by atoms with Crippen molar-refractivity contribution in [3.05, 3.63) is 102 Å². The van der Waals surface area contributed by atoms with Crippen LogP contribution < -0.4 is 5.32 Å². The van der Waals surface area contributed by atoms with E-state index in [0.29, 0.717) is 17.6 Å². The molecule has 0 aliphatic carbocycles. The number of carbonyl (C=O) groups is 3. The Hall–Kier alpha value is -5.23. The lowest BCUT2D eigenvalue weighted by molar-refractivity contribution is -0.189. The predicted octanol–water partition coefficient (Wildman–Crippen LogP) is 2.40. The number of phenols is 1. The highest BCUT2D eigenvalue weighted by Crippen LogP contribution is 2.30. The van der Waals surface area contributed by atoms with E-state index < -0.39 is 12.2 Å². The Balaban J connectivity index is 1.34. The molecule has 2 aliphatic heterocycles. The van der Waals surface area contributed by atoms with Gasteiger partial charge in [0.1, 0.15) is 29.0 Å². The third kappa shape index (κ3) is 5.77. The molecular formula is C31H32N8O4. The fourth-order valence-corrected chi connectivity index (χ4v) is 5.76. The molecular weight excluding hydrogens is 548 g/mol. The van der Waals surface area contributed by atoms with Crippen LogP contribution in [-0.4, -0.2) is 90.0 Å². The lowest BCUT2D eigenvalue weighted by atomic mass is 9.98. The molecule has 2 saturated heterocycles. The van der Waals surface area contributed by atoms with Crippen molar-refractivity contribution in [1.29, 1.82) is 0 Å². The summed E-state index contributed by atoms with van der Waals surface area (Å²) in [5, 5.41) is 26.9. The van der Waals surface area contributed by atoms with Crippen LogP contribution in [-0.2, 0) is 29.1 Å². The third-order valence-electron chi connectivity index (χ3n) is 7.78. The molecule has 2 aliphatic rings. The molecule has 4 aromatic rings. The number of hydrogen-bond donors (Lipinski definition) is 3. The number of rotatable bonds is 8. The molecule has 0 bridgehead atoms. The van der Waals surface area contributed by atoms with E-state index in [1.807, 2.05) is 48.5 Å². The molecule has 1 aromatic heterocycles. The number of fused-ring (bicyclic) bond motifs is 2. The van der Waals surface area contributed by atoms with Gasteiger partial charge in [-0.25, -0.2) is 14.8 Å². The molecule has 12 nitrogen and oxygen atoms in total. The Labute approximate surface area is 248 Å². The summed E-state index contributed by atoms with van der Waals surface area (Å²) < 4.78 is 0. The molecule has 2 atom stereocenters. The number of phenolic OH excluding ortho intramolecular Hbond substituents is 1. The maximum absolute atomic E-state index is 14.1. The largest absolute Gasteiger partial charge is 0.508 e. The number of hydrogen-bond acceptors (Lipinski definition) is 7. The number of nitrogens with zero attached hydrogens (tertiary/aromatic N) is 6. The summed E-state index contributed by atoms with van der Waals surface area (Å²) in [5.41, 5.74) is 3.95. The molecule has 6 rings (SSSR count). The van der Waals surface area contributed by atoms with Crippen LogP contribution >= 0.6 is 0 Å². The van der Waals surface area contributed by atoms with E-state index in [1.54, 1.807) is 50.2 Å². The minimum absolute atomic E-state index is 0.0799. The molecule has 1 unspecified atom stereocenters. The van der Waals surface area contributed by atoms with Crippen molar-refractivity contribution in [2.24, 2.45) is 0 Å². The summed E-state index contributed by atoms with van der Waals surface area (Å²) in [6, 6.07) is 20.5. The Morgan fingerprint density at radius 1 is 1.00 bits per heavy atom. The maximum Gasteiger partial charge on any atom is 0.334 e. The van der Waals surface area contributed by atoms with Gasteiger partial charge in [0.15, 0.2) is 0 Å². The minimum atomic E-state index is -0.859. The van der Waals surface area contributed by atoms with Crippen molar-refractivity contribution < 1.29 is 19.5 Å². The average Bonchev–Trinajstić information content (AvgIpc) is 3.48. The Morgan fingerprint density at radius 3 is 2.51 bits per heavy atom. The fraction of sp³-hybridized carbons (Fsp3) is 0.258. The van der Waals surface area contributed by atoms with Gasteiger partial charge in [0, 0.05) is 26.1 Å². The van der Waals surface area contributed by atoms with Crippen molar-refractivity contribution in [3.63, 3.8) is 0 Å². The first-order valence-corrected chi connectivity index (χ1v) is 14.1. The zero-order chi connectivity index (χ0) is 29.9. The molecule has 3 N–H and O–H groups in total. The summed E-state index contributed by atoms with van der Waals surface area (Å²) >= 11 is 0. The zero-order valence-electron chi connectivity index (χ0n) is 23.5. The van der Waals surface area contributed by atoms with Crippen LogP contribution in [0, 0.1) is 0 Å². The molecule has 0 radical (unpaired) electrons. The van der Waals surface area contributed by atoms with Crippen LogP contribution in [0.1, 0.15) is 16.7 Å². The van der Waals surface area contributed by atoms with Crippen LogP contribution in [0.3, 0.4) is 0 Å². The molecule has 3 heterocycles. The topological polar surface area (TPSA) is 138 Å². The van der Waals surface area contributed by atoms with Crippen molar-refractivity contribution in [3.8, 4) is 5.75 Å². The number of aromatic hydroxyl groups is 1. The number of H-pyrrole nitrogens is 1. The van der Waals surface area contributed by atoms with Crippen molar-refractivity contribution >= 4 is 28.9 Å². The number of carbonyl (C=O) groups excluding carboxylic acids is 3. The lowest BCUT2D eigenvalue weighted by Crippen LogP contribution is -2.76. The molecule has 2 fully saturated rings. The van der Waals surface area contributed by atoms with Gasteiger partial charge < -0.3 is 20.2 Å². The number of urea groups is 1. The van der Waals surface area contributed by atoms with E-state index in [1.165, 1.54) is 0 Å². The molecule has 4 amide bonds. The number of amides is 4. The number of piperazine rings is 1. The highest BCUT2D eigenvalue weighted by Gasteiger charge is 2.51. The lowest BCUT2D eigenvalue weighted by Gasteiger charge is -2.55. The van der Waals surface area contributed by atoms with Crippen molar-refractivity contribution in [2.75, 3.05) is 19.6 Å². The second-order valence-electron chi connectivity index (χ2n) is 10.7. The predicted molar refractivity (Wildman–Crippen MR) is 158 cm³/mol. The quantitative estimate of drug-likeness (QED) is 0.272. The summed E-state index contributed by atoms with van der Waals surface area (Å²) in [5.74, 6) is -0.364. The number of benzene rings is 3. The van der Waals surface area contributed by atoms with Crippen LogP contribution in [0.4, 0.5) is 4.79 Å². The highest BCUT2D eigenvalue weighted by molar-refractivity contribution is 5.92. The Morgan fingerprint density at radius 2 is 1.74 bits per heavy atom. The van der Waals surface area contributed by atoms with E-state index in [0.717, 1.165) is 16.7 Å². The van der Waals surface area contributed by atoms with E-state index in [9.17, 15) is 19.5 Å². The van der Waals surface area contributed by atoms with E-state index in [2.05, 4.69) is 27.3 Å². The monoisotopic (exact) mass is 580 g/mol. The van der Waals surface area contributed by atoms with Gasteiger partial charge in [0.2, 0.25) is 11.8 Å². The Kier molecular flexibility index (Phi) is 7.75. The summed E-state index contributed by atoms with van der Waals surface area (Å²) in [4.78, 5) is 44.9. The zero-order valence-corrected chi connectivity index (χ0v) is 23.5. The third-order valence-corrected chi connectivity index (χ3v) is 7.78. The first-order chi connectivity index (χ1) is 20.9. The van der Waals surface area contributed by atoms with Gasteiger partial charge in [0.05, 0.1) is 13.1 Å². The van der Waals surface area contributed by atoms with Crippen molar-refractivity contribution in [1.82, 2.24) is 40.5 Å². The Bertz CT molecular complexity index is 1640. The smallest absolute Gasteiger partial charge is 0.334 e. The van der Waals surface area contributed by atoms with Crippen LogP contribution in [0.5, 0.6) is 5.75 Å². The van der Waals surface area contributed by atoms with Gasteiger partial charge in [-0.1, -0.05) is 54.6 Å². The number of nitrogens with one attached hydrogen (secondary N) is 2. The summed E-state index contributed by atoms with van der Waals surface area (Å²) in [6.45, 7) is 4.69. The number of aromatic amines is 1. The molecule has 43 heavy (non-hydrogen) atoms. The van der Waals surface area contributed by atoms with Crippen LogP contribution in [0.25, 0.3) is 11.0 Å². The van der Waals surface area contributed by atoms with Gasteiger partial charge >= 0.3 is 6.03 Å². The van der Waals surface area contributed by atoms with Gasteiger partial charge in [-0.05, 0) is 41.0 Å². The summed E-state index contributed by atoms with van der Waals surface area (Å²) in [7, 11) is 0. The second-order valence-corrected chi connectivity index (χ2v) is 10.7. The first-order valence-electron chi connectivity index (χ1n) is 14.1. The van der Waals surface area contributed by atoms with Crippen LogP contribution in [0.2, 0.25) is 0 Å². The molecule has 220 valence electrons. The van der Waals surface area contributed by atoms with Gasteiger partial charge in [0.25, 0.3) is 0 Å².